The number of hydrogen-bond acceptors (Lipinski definition) is 3. The Morgan fingerprint density at radius 2 is 1.96 bits per heavy atom. The van der Waals surface area contributed by atoms with Crippen LogP contribution in [0.25, 0.3) is 0 Å². The number of methoxy groups -OCH3 is 1. The fraction of sp³-hybridized carbons (Fsp3) is 0.158. The van der Waals surface area contributed by atoms with Crippen molar-refractivity contribution in [1.82, 2.24) is 15.1 Å². The van der Waals surface area contributed by atoms with Crippen LogP contribution in [0.4, 0.5) is 10.5 Å². The minimum absolute atomic E-state index is 0.251. The zero-order valence-corrected chi connectivity index (χ0v) is 14.0. The zero-order chi connectivity index (χ0) is 17.5. The summed E-state index contributed by atoms with van der Waals surface area (Å²) in [6.07, 6.45) is 3.65. The van der Waals surface area contributed by atoms with Crippen LogP contribution in [0.15, 0.2) is 67.0 Å². The van der Waals surface area contributed by atoms with E-state index in [4.69, 9.17) is 4.74 Å². The molecule has 0 bridgehead atoms. The lowest BCUT2D eigenvalue weighted by Crippen LogP contribution is -2.28. The summed E-state index contributed by atoms with van der Waals surface area (Å²) in [4.78, 5) is 12.1. The molecule has 128 valence electrons. The van der Waals surface area contributed by atoms with E-state index in [2.05, 4.69) is 15.7 Å². The normalized spacial score (nSPS) is 10.3. The first-order valence-electron chi connectivity index (χ1n) is 7.97. The van der Waals surface area contributed by atoms with Gasteiger partial charge >= 0.3 is 6.03 Å². The van der Waals surface area contributed by atoms with Gasteiger partial charge in [0.15, 0.2) is 0 Å². The number of anilines is 1. The molecule has 6 nitrogen and oxygen atoms in total. The molecular weight excluding hydrogens is 316 g/mol. The Morgan fingerprint density at radius 1 is 1.12 bits per heavy atom. The molecule has 25 heavy (non-hydrogen) atoms. The first kappa shape index (κ1) is 16.6. The Kier molecular flexibility index (Phi) is 5.31. The van der Waals surface area contributed by atoms with Crippen LogP contribution < -0.4 is 15.4 Å². The molecule has 1 heterocycles. The Morgan fingerprint density at radius 3 is 2.76 bits per heavy atom. The van der Waals surface area contributed by atoms with E-state index in [1.807, 2.05) is 65.5 Å². The highest BCUT2D eigenvalue weighted by atomic mass is 16.5. The minimum atomic E-state index is -0.251. The molecule has 0 spiro atoms. The maximum Gasteiger partial charge on any atom is 0.319 e. The second-order valence-corrected chi connectivity index (χ2v) is 5.56. The Hall–Kier alpha value is -3.28. The lowest BCUT2D eigenvalue weighted by Gasteiger charge is -2.10. The van der Waals surface area contributed by atoms with Crippen LogP contribution in [0.2, 0.25) is 0 Å². The van der Waals surface area contributed by atoms with E-state index in [0.29, 0.717) is 13.1 Å². The Labute approximate surface area is 146 Å². The van der Waals surface area contributed by atoms with Crippen LogP contribution in [0.5, 0.6) is 5.75 Å². The van der Waals surface area contributed by atoms with Crippen molar-refractivity contribution in [3.63, 3.8) is 0 Å². The number of carbonyl (C=O) groups is 1. The van der Waals surface area contributed by atoms with Crippen LogP contribution in [0.1, 0.15) is 11.1 Å². The Balaban J connectivity index is 1.55. The van der Waals surface area contributed by atoms with Crippen molar-refractivity contribution in [3.8, 4) is 5.75 Å². The average molecular weight is 336 g/mol. The van der Waals surface area contributed by atoms with Crippen LogP contribution in [-0.2, 0) is 13.1 Å². The number of hydrogen-bond donors (Lipinski definition) is 2. The molecule has 6 heteroatoms. The van der Waals surface area contributed by atoms with Gasteiger partial charge < -0.3 is 15.4 Å². The van der Waals surface area contributed by atoms with E-state index in [9.17, 15) is 4.79 Å². The number of rotatable bonds is 6. The monoisotopic (exact) mass is 336 g/mol. The van der Waals surface area contributed by atoms with Crippen molar-refractivity contribution in [2.24, 2.45) is 0 Å². The van der Waals surface area contributed by atoms with Crippen LogP contribution in [0, 0.1) is 0 Å². The average Bonchev–Trinajstić information content (AvgIpc) is 3.13. The maximum absolute atomic E-state index is 12.1. The van der Waals surface area contributed by atoms with Crippen LogP contribution in [0.3, 0.4) is 0 Å². The van der Waals surface area contributed by atoms with E-state index in [-0.39, 0.29) is 6.03 Å². The third kappa shape index (κ3) is 4.84. The first-order valence-corrected chi connectivity index (χ1v) is 7.97. The van der Waals surface area contributed by atoms with E-state index in [1.54, 1.807) is 13.3 Å². The van der Waals surface area contributed by atoms with Crippen molar-refractivity contribution >= 4 is 11.7 Å². The number of carbonyl (C=O) groups excluding carboxylic acids is 1. The number of ether oxygens (including phenoxy) is 1. The molecule has 0 radical (unpaired) electrons. The second kappa shape index (κ2) is 8.01. The van der Waals surface area contributed by atoms with E-state index in [0.717, 1.165) is 22.6 Å². The zero-order valence-electron chi connectivity index (χ0n) is 14.0. The van der Waals surface area contributed by atoms with Crippen molar-refractivity contribution in [2.45, 2.75) is 13.1 Å². The van der Waals surface area contributed by atoms with Gasteiger partial charge in [0, 0.05) is 24.6 Å². The highest BCUT2D eigenvalue weighted by molar-refractivity contribution is 5.89. The number of amides is 2. The smallest absolute Gasteiger partial charge is 0.319 e. The SMILES string of the molecule is COc1cccc(CNC(=O)Nc2cccc(Cn3cccn3)c2)c1. The van der Waals surface area contributed by atoms with Crippen molar-refractivity contribution in [3.05, 3.63) is 78.1 Å². The van der Waals surface area contributed by atoms with Gasteiger partial charge in [-0.05, 0) is 41.5 Å². The van der Waals surface area contributed by atoms with Crippen LogP contribution >= 0.6 is 0 Å². The molecule has 0 saturated heterocycles. The molecule has 0 fully saturated rings. The number of nitrogens with zero attached hydrogens (tertiary/aromatic N) is 2. The lowest BCUT2D eigenvalue weighted by atomic mass is 10.2. The topological polar surface area (TPSA) is 68.2 Å². The van der Waals surface area contributed by atoms with E-state index >= 15 is 0 Å². The highest BCUT2D eigenvalue weighted by Gasteiger charge is 2.04. The first-order chi connectivity index (χ1) is 12.2. The third-order valence-corrected chi connectivity index (χ3v) is 3.68. The molecule has 2 amide bonds. The number of benzene rings is 2. The van der Waals surface area contributed by atoms with Gasteiger partial charge in [0.05, 0.1) is 13.7 Å². The molecule has 0 aliphatic rings. The van der Waals surface area contributed by atoms with E-state index in [1.165, 1.54) is 0 Å². The molecule has 3 aromatic rings. The standard InChI is InChI=1S/C19H20N4O2/c1-25-18-8-3-5-15(12-18)13-20-19(24)22-17-7-2-6-16(11-17)14-23-10-4-9-21-23/h2-12H,13-14H2,1H3,(H2,20,22,24). The quantitative estimate of drug-likeness (QED) is 0.726. The molecule has 2 aromatic carbocycles. The number of urea groups is 1. The molecule has 0 atom stereocenters. The molecule has 0 unspecified atom stereocenters. The summed E-state index contributed by atoms with van der Waals surface area (Å²) in [5.41, 5.74) is 2.78. The molecule has 1 aromatic heterocycles. The predicted molar refractivity (Wildman–Crippen MR) is 96.6 cm³/mol. The van der Waals surface area contributed by atoms with Gasteiger partial charge in [-0.3, -0.25) is 4.68 Å². The molecule has 0 aliphatic heterocycles. The molecular formula is C19H20N4O2. The van der Waals surface area contributed by atoms with Gasteiger partial charge in [-0.25, -0.2) is 4.79 Å². The van der Waals surface area contributed by atoms with Crippen molar-refractivity contribution < 1.29 is 9.53 Å². The highest BCUT2D eigenvalue weighted by Crippen LogP contribution is 2.13. The van der Waals surface area contributed by atoms with Gasteiger partial charge in [0.1, 0.15) is 5.75 Å². The number of nitrogens with one attached hydrogen (secondary N) is 2. The lowest BCUT2D eigenvalue weighted by molar-refractivity contribution is 0.251. The van der Waals surface area contributed by atoms with Gasteiger partial charge in [-0.1, -0.05) is 24.3 Å². The molecule has 0 saturated carbocycles. The maximum atomic E-state index is 12.1. The Bertz CT molecular complexity index is 831. The minimum Gasteiger partial charge on any atom is -0.497 e. The summed E-state index contributed by atoms with van der Waals surface area (Å²) in [5, 5.41) is 9.88. The summed E-state index contributed by atoms with van der Waals surface area (Å²) >= 11 is 0. The van der Waals surface area contributed by atoms with Gasteiger partial charge in [-0.15, -0.1) is 0 Å². The summed E-state index contributed by atoms with van der Waals surface area (Å²) in [6, 6.07) is 16.9. The van der Waals surface area contributed by atoms with Gasteiger partial charge in [-0.2, -0.15) is 5.10 Å². The predicted octanol–water partition coefficient (Wildman–Crippen LogP) is 3.26. The fourth-order valence-corrected chi connectivity index (χ4v) is 2.47. The molecule has 0 aliphatic carbocycles. The summed E-state index contributed by atoms with van der Waals surface area (Å²) in [5.74, 6) is 0.769. The summed E-state index contributed by atoms with van der Waals surface area (Å²) in [7, 11) is 1.62. The van der Waals surface area contributed by atoms with Crippen molar-refractivity contribution in [1.29, 1.82) is 0 Å². The fourth-order valence-electron chi connectivity index (χ4n) is 2.47. The molecule has 3 rings (SSSR count). The number of aromatic nitrogens is 2. The third-order valence-electron chi connectivity index (χ3n) is 3.68. The van der Waals surface area contributed by atoms with Gasteiger partial charge in [0.2, 0.25) is 0 Å². The summed E-state index contributed by atoms with van der Waals surface area (Å²) in [6.45, 7) is 1.09. The van der Waals surface area contributed by atoms with E-state index < -0.39 is 0 Å². The van der Waals surface area contributed by atoms with Gasteiger partial charge in [0.25, 0.3) is 0 Å². The van der Waals surface area contributed by atoms with Crippen molar-refractivity contribution in [2.75, 3.05) is 12.4 Å². The molecule has 2 N–H and O–H groups in total. The second-order valence-electron chi connectivity index (χ2n) is 5.56. The van der Waals surface area contributed by atoms with Crippen LogP contribution in [-0.4, -0.2) is 22.9 Å². The largest absolute Gasteiger partial charge is 0.497 e. The summed E-state index contributed by atoms with van der Waals surface area (Å²) < 4.78 is 7.01.